The van der Waals surface area contributed by atoms with Gasteiger partial charge in [-0.15, -0.1) is 0 Å². The maximum atomic E-state index is 12.2. The molecule has 0 bridgehead atoms. The van der Waals surface area contributed by atoms with Crippen molar-refractivity contribution < 1.29 is 8.42 Å². The summed E-state index contributed by atoms with van der Waals surface area (Å²) in [4.78, 5) is 2.62. The lowest BCUT2D eigenvalue weighted by atomic mass is 10.0. The Bertz CT molecular complexity index is 528. The van der Waals surface area contributed by atoms with Gasteiger partial charge in [0.1, 0.15) is 0 Å². The molecule has 1 aromatic rings. The third-order valence-corrected chi connectivity index (χ3v) is 5.56. The number of benzene rings is 1. The Hall–Kier alpha value is -1.07. The first kappa shape index (κ1) is 14.3. The monoisotopic (exact) mass is 282 g/mol. The van der Waals surface area contributed by atoms with E-state index in [0.717, 1.165) is 25.1 Å². The lowest BCUT2D eigenvalue weighted by Crippen LogP contribution is -2.44. The van der Waals surface area contributed by atoms with Gasteiger partial charge in [-0.25, -0.2) is 8.42 Å². The minimum Gasteiger partial charge on any atom is -0.366 e. The molecule has 1 unspecified atom stereocenters. The van der Waals surface area contributed by atoms with Crippen LogP contribution in [-0.4, -0.2) is 33.3 Å². The molecule has 1 aliphatic heterocycles. The molecule has 2 rings (SSSR count). The number of piperidine rings is 1. The van der Waals surface area contributed by atoms with Gasteiger partial charge in [0.2, 0.25) is 0 Å². The summed E-state index contributed by atoms with van der Waals surface area (Å²) in [5.41, 5.74) is 6.65. The van der Waals surface area contributed by atoms with Gasteiger partial charge in [0.25, 0.3) is 0 Å². The first-order chi connectivity index (χ1) is 9.10. The summed E-state index contributed by atoms with van der Waals surface area (Å²) in [7, 11) is -3.19. The van der Waals surface area contributed by atoms with E-state index in [1.54, 1.807) is 19.1 Å². The highest BCUT2D eigenvalue weighted by atomic mass is 32.2. The Kier molecular flexibility index (Phi) is 4.47. The molecule has 0 aromatic heterocycles. The first-order valence-corrected chi connectivity index (χ1v) is 8.54. The average molecular weight is 282 g/mol. The van der Waals surface area contributed by atoms with Gasteiger partial charge in [0, 0.05) is 19.1 Å². The van der Waals surface area contributed by atoms with Crippen molar-refractivity contribution in [1.82, 2.24) is 0 Å². The van der Waals surface area contributed by atoms with Crippen LogP contribution in [0.25, 0.3) is 0 Å². The standard InChI is InChI=1S/C14H22N2O2S/c1-2-19(17,18)14-9-4-3-8-13(14)16-10-6-5-7-12(16)11-15/h3-4,8-9,12H,2,5-7,10-11,15H2,1H3. The van der Waals surface area contributed by atoms with E-state index in [2.05, 4.69) is 4.90 Å². The van der Waals surface area contributed by atoms with Gasteiger partial charge in [-0.05, 0) is 31.4 Å². The lowest BCUT2D eigenvalue weighted by molar-refractivity contribution is 0.463. The fraction of sp³-hybridized carbons (Fsp3) is 0.571. The van der Waals surface area contributed by atoms with Crippen molar-refractivity contribution in [3.8, 4) is 0 Å². The first-order valence-electron chi connectivity index (χ1n) is 6.88. The van der Waals surface area contributed by atoms with Crippen molar-refractivity contribution in [3.05, 3.63) is 24.3 Å². The third kappa shape index (κ3) is 2.92. The van der Waals surface area contributed by atoms with Gasteiger partial charge in [-0.2, -0.15) is 0 Å². The third-order valence-electron chi connectivity index (χ3n) is 3.79. The van der Waals surface area contributed by atoms with Crippen molar-refractivity contribution in [1.29, 1.82) is 0 Å². The Morgan fingerprint density at radius 2 is 2.05 bits per heavy atom. The molecule has 2 N–H and O–H groups in total. The second-order valence-corrected chi connectivity index (χ2v) is 7.20. The number of nitrogens with zero attached hydrogens (tertiary/aromatic N) is 1. The topological polar surface area (TPSA) is 63.4 Å². The number of para-hydroxylation sites is 1. The highest BCUT2D eigenvalue weighted by Crippen LogP contribution is 2.30. The second kappa shape index (κ2) is 5.92. The SMILES string of the molecule is CCS(=O)(=O)c1ccccc1N1CCCCC1CN. The van der Waals surface area contributed by atoms with Gasteiger partial charge in [0.15, 0.2) is 9.84 Å². The zero-order valence-corrected chi connectivity index (χ0v) is 12.2. The number of hydrogen-bond donors (Lipinski definition) is 1. The molecule has 0 saturated carbocycles. The lowest BCUT2D eigenvalue weighted by Gasteiger charge is -2.37. The number of sulfone groups is 1. The van der Waals surface area contributed by atoms with Crippen molar-refractivity contribution in [2.45, 2.75) is 37.1 Å². The Labute approximate surface area is 115 Å². The highest BCUT2D eigenvalue weighted by molar-refractivity contribution is 7.91. The maximum absolute atomic E-state index is 12.2. The van der Waals surface area contributed by atoms with E-state index in [1.807, 2.05) is 12.1 Å². The Morgan fingerprint density at radius 1 is 1.32 bits per heavy atom. The van der Waals surface area contributed by atoms with Crippen LogP contribution >= 0.6 is 0 Å². The molecule has 1 saturated heterocycles. The minimum absolute atomic E-state index is 0.130. The molecule has 1 atom stereocenters. The van der Waals surface area contributed by atoms with Gasteiger partial charge >= 0.3 is 0 Å². The molecule has 4 nitrogen and oxygen atoms in total. The quantitative estimate of drug-likeness (QED) is 0.914. The van der Waals surface area contributed by atoms with Crippen molar-refractivity contribution in [2.75, 3.05) is 23.7 Å². The van der Waals surface area contributed by atoms with Crippen LogP contribution in [0.4, 0.5) is 5.69 Å². The van der Waals surface area contributed by atoms with E-state index >= 15 is 0 Å². The minimum atomic E-state index is -3.19. The zero-order valence-electron chi connectivity index (χ0n) is 11.4. The highest BCUT2D eigenvalue weighted by Gasteiger charge is 2.26. The van der Waals surface area contributed by atoms with Gasteiger partial charge in [0.05, 0.1) is 16.3 Å². The number of nitrogens with two attached hydrogens (primary N) is 1. The van der Waals surface area contributed by atoms with E-state index in [1.165, 1.54) is 6.42 Å². The van der Waals surface area contributed by atoms with Crippen LogP contribution in [0.3, 0.4) is 0 Å². The molecular weight excluding hydrogens is 260 g/mol. The van der Waals surface area contributed by atoms with E-state index < -0.39 is 9.84 Å². The van der Waals surface area contributed by atoms with Gasteiger partial charge < -0.3 is 10.6 Å². The molecule has 1 aromatic carbocycles. The summed E-state index contributed by atoms with van der Waals surface area (Å²) < 4.78 is 24.4. The van der Waals surface area contributed by atoms with E-state index in [4.69, 9.17) is 5.73 Å². The summed E-state index contributed by atoms with van der Waals surface area (Å²) >= 11 is 0. The fourth-order valence-corrected chi connectivity index (χ4v) is 3.78. The summed E-state index contributed by atoms with van der Waals surface area (Å²) in [6.45, 7) is 3.14. The fourth-order valence-electron chi connectivity index (χ4n) is 2.68. The Morgan fingerprint density at radius 3 is 2.74 bits per heavy atom. The molecule has 0 radical (unpaired) electrons. The average Bonchev–Trinajstić information content (AvgIpc) is 2.47. The van der Waals surface area contributed by atoms with Crippen LogP contribution in [-0.2, 0) is 9.84 Å². The maximum Gasteiger partial charge on any atom is 0.180 e. The molecule has 106 valence electrons. The summed E-state index contributed by atoms with van der Waals surface area (Å²) in [5, 5.41) is 0. The predicted molar refractivity (Wildman–Crippen MR) is 78.2 cm³/mol. The zero-order chi connectivity index (χ0) is 13.9. The van der Waals surface area contributed by atoms with Crippen molar-refractivity contribution >= 4 is 15.5 Å². The van der Waals surface area contributed by atoms with Gasteiger partial charge in [-0.3, -0.25) is 0 Å². The molecule has 0 aliphatic carbocycles. The molecule has 0 spiro atoms. The van der Waals surface area contributed by atoms with E-state index in [9.17, 15) is 8.42 Å². The summed E-state index contributed by atoms with van der Waals surface area (Å²) in [5.74, 6) is 0.130. The summed E-state index contributed by atoms with van der Waals surface area (Å²) in [6.07, 6.45) is 3.30. The van der Waals surface area contributed by atoms with E-state index in [-0.39, 0.29) is 11.8 Å². The van der Waals surface area contributed by atoms with Crippen LogP contribution in [0.5, 0.6) is 0 Å². The second-order valence-electron chi connectivity index (χ2n) is 4.95. The molecule has 1 heterocycles. The molecule has 5 heteroatoms. The van der Waals surface area contributed by atoms with Crippen LogP contribution in [0.2, 0.25) is 0 Å². The number of anilines is 1. The smallest absolute Gasteiger partial charge is 0.180 e. The van der Waals surface area contributed by atoms with Crippen molar-refractivity contribution in [2.24, 2.45) is 5.73 Å². The molecular formula is C14H22N2O2S. The number of hydrogen-bond acceptors (Lipinski definition) is 4. The van der Waals surface area contributed by atoms with Crippen LogP contribution in [0, 0.1) is 0 Å². The van der Waals surface area contributed by atoms with Crippen LogP contribution in [0.15, 0.2) is 29.2 Å². The summed E-state index contributed by atoms with van der Waals surface area (Å²) in [6, 6.07) is 7.54. The predicted octanol–water partition coefficient (Wildman–Crippen LogP) is 1.80. The normalized spacial score (nSPS) is 20.5. The van der Waals surface area contributed by atoms with E-state index in [0.29, 0.717) is 11.4 Å². The largest absolute Gasteiger partial charge is 0.366 e. The Balaban J connectivity index is 2.44. The molecule has 19 heavy (non-hydrogen) atoms. The van der Waals surface area contributed by atoms with Gasteiger partial charge in [-0.1, -0.05) is 19.1 Å². The number of rotatable bonds is 4. The molecule has 0 amide bonds. The van der Waals surface area contributed by atoms with Crippen LogP contribution in [0.1, 0.15) is 26.2 Å². The van der Waals surface area contributed by atoms with Crippen LogP contribution < -0.4 is 10.6 Å². The van der Waals surface area contributed by atoms with Crippen molar-refractivity contribution in [3.63, 3.8) is 0 Å². The molecule has 1 aliphatic rings. The molecule has 1 fully saturated rings.